The van der Waals surface area contributed by atoms with Crippen LogP contribution >= 0.6 is 0 Å². The molecule has 0 aliphatic rings. The van der Waals surface area contributed by atoms with E-state index in [1.54, 1.807) is 17.9 Å². The molecule has 0 fully saturated rings. The number of nitrogens with one attached hydrogen (secondary N) is 2. The fourth-order valence-electron chi connectivity index (χ4n) is 2.03. The number of benzene rings is 1. The zero-order chi connectivity index (χ0) is 16.1. The van der Waals surface area contributed by atoms with Gasteiger partial charge < -0.3 is 10.6 Å². The first-order valence-electron chi connectivity index (χ1n) is 6.92. The van der Waals surface area contributed by atoms with Crippen molar-refractivity contribution in [3.63, 3.8) is 0 Å². The van der Waals surface area contributed by atoms with Crippen LogP contribution in [0, 0.1) is 11.6 Å². The van der Waals surface area contributed by atoms with Crippen molar-refractivity contribution in [1.82, 2.24) is 20.4 Å². The van der Waals surface area contributed by atoms with Gasteiger partial charge in [0.15, 0.2) is 0 Å². The van der Waals surface area contributed by atoms with E-state index < -0.39 is 11.6 Å². The maximum atomic E-state index is 13.4. The molecule has 0 saturated heterocycles. The Bertz CT molecular complexity index is 657. The standard InChI is InChI=1S/C15H18F2N4O/c1-10(12-8-19-21(2)9-12)20-15(22)18-6-5-11-3-4-13(16)7-14(11)17/h3-4,7-10H,5-6H2,1-2H3,(H2,18,20,22). The minimum atomic E-state index is -0.614. The summed E-state index contributed by atoms with van der Waals surface area (Å²) in [6.45, 7) is 2.10. The smallest absolute Gasteiger partial charge is 0.315 e. The number of hydrogen-bond donors (Lipinski definition) is 2. The molecule has 2 amide bonds. The van der Waals surface area contributed by atoms with E-state index in [2.05, 4.69) is 15.7 Å². The van der Waals surface area contributed by atoms with Crippen LogP contribution in [0.2, 0.25) is 0 Å². The molecule has 1 atom stereocenters. The molecule has 5 nitrogen and oxygen atoms in total. The summed E-state index contributed by atoms with van der Waals surface area (Å²) < 4.78 is 27.9. The van der Waals surface area contributed by atoms with Crippen LogP contribution < -0.4 is 10.6 Å². The van der Waals surface area contributed by atoms with Gasteiger partial charge in [-0.2, -0.15) is 5.10 Å². The second kappa shape index (κ2) is 7.02. The molecule has 0 bridgehead atoms. The van der Waals surface area contributed by atoms with Crippen molar-refractivity contribution in [1.29, 1.82) is 0 Å². The largest absolute Gasteiger partial charge is 0.338 e. The summed E-state index contributed by atoms with van der Waals surface area (Å²) >= 11 is 0. The van der Waals surface area contributed by atoms with E-state index in [0.29, 0.717) is 12.0 Å². The molecule has 2 rings (SSSR count). The zero-order valence-corrected chi connectivity index (χ0v) is 12.4. The van der Waals surface area contributed by atoms with E-state index in [9.17, 15) is 13.6 Å². The van der Waals surface area contributed by atoms with Crippen molar-refractivity contribution < 1.29 is 13.6 Å². The van der Waals surface area contributed by atoms with Crippen molar-refractivity contribution in [3.8, 4) is 0 Å². The Labute approximate surface area is 127 Å². The Morgan fingerprint density at radius 1 is 1.41 bits per heavy atom. The fraction of sp³-hybridized carbons (Fsp3) is 0.333. The SMILES string of the molecule is CC(NC(=O)NCCc1ccc(F)cc1F)c1cnn(C)c1. The first-order valence-corrected chi connectivity index (χ1v) is 6.92. The summed E-state index contributed by atoms with van der Waals surface area (Å²) in [6.07, 6.45) is 3.79. The molecule has 1 aromatic heterocycles. The highest BCUT2D eigenvalue weighted by atomic mass is 19.1. The lowest BCUT2D eigenvalue weighted by Gasteiger charge is -2.13. The van der Waals surface area contributed by atoms with Crippen molar-refractivity contribution in [2.75, 3.05) is 6.54 Å². The zero-order valence-electron chi connectivity index (χ0n) is 12.4. The maximum absolute atomic E-state index is 13.4. The summed E-state index contributed by atoms with van der Waals surface area (Å²) in [7, 11) is 1.80. The van der Waals surface area contributed by atoms with E-state index in [4.69, 9.17) is 0 Å². The van der Waals surface area contributed by atoms with Gasteiger partial charge >= 0.3 is 6.03 Å². The molecule has 0 spiro atoms. The number of aromatic nitrogens is 2. The molecule has 1 unspecified atom stereocenters. The lowest BCUT2D eigenvalue weighted by Crippen LogP contribution is -2.38. The van der Waals surface area contributed by atoms with E-state index in [1.807, 2.05) is 13.1 Å². The van der Waals surface area contributed by atoms with E-state index in [-0.39, 0.29) is 18.6 Å². The van der Waals surface area contributed by atoms with Crippen molar-refractivity contribution in [2.24, 2.45) is 7.05 Å². The van der Waals surface area contributed by atoms with Gasteiger partial charge in [-0.15, -0.1) is 0 Å². The lowest BCUT2D eigenvalue weighted by molar-refractivity contribution is 0.238. The van der Waals surface area contributed by atoms with Gasteiger partial charge in [-0.3, -0.25) is 4.68 Å². The highest BCUT2D eigenvalue weighted by Gasteiger charge is 2.11. The second-order valence-electron chi connectivity index (χ2n) is 5.05. The van der Waals surface area contributed by atoms with Crippen LogP contribution in [-0.2, 0) is 13.5 Å². The minimum absolute atomic E-state index is 0.184. The van der Waals surface area contributed by atoms with Crippen molar-refractivity contribution in [2.45, 2.75) is 19.4 Å². The van der Waals surface area contributed by atoms with Gasteiger partial charge in [-0.05, 0) is 25.0 Å². The maximum Gasteiger partial charge on any atom is 0.315 e. The van der Waals surface area contributed by atoms with Gasteiger partial charge in [0, 0.05) is 31.4 Å². The summed E-state index contributed by atoms with van der Waals surface area (Å²) in [5.41, 5.74) is 1.25. The molecule has 118 valence electrons. The number of halogens is 2. The average molecular weight is 308 g/mol. The Morgan fingerprint density at radius 3 is 2.82 bits per heavy atom. The number of hydrogen-bond acceptors (Lipinski definition) is 2. The molecule has 1 heterocycles. The monoisotopic (exact) mass is 308 g/mol. The summed E-state index contributed by atoms with van der Waals surface area (Å²) in [6, 6.07) is 2.88. The summed E-state index contributed by atoms with van der Waals surface area (Å²) in [5.74, 6) is -1.22. The first kappa shape index (κ1) is 15.9. The van der Waals surface area contributed by atoms with E-state index in [1.165, 1.54) is 12.1 Å². The third-order valence-electron chi connectivity index (χ3n) is 3.27. The number of aryl methyl sites for hydroxylation is 1. The molecular weight excluding hydrogens is 290 g/mol. The fourth-order valence-corrected chi connectivity index (χ4v) is 2.03. The second-order valence-corrected chi connectivity index (χ2v) is 5.05. The summed E-state index contributed by atoms with van der Waals surface area (Å²) in [4.78, 5) is 11.8. The lowest BCUT2D eigenvalue weighted by atomic mass is 10.1. The Balaban J connectivity index is 1.78. The van der Waals surface area contributed by atoms with Gasteiger partial charge in [0.05, 0.1) is 12.2 Å². The number of urea groups is 1. The Morgan fingerprint density at radius 2 is 2.18 bits per heavy atom. The highest BCUT2D eigenvalue weighted by molar-refractivity contribution is 5.74. The predicted octanol–water partition coefficient (Wildman–Crippen LogP) is 2.30. The van der Waals surface area contributed by atoms with Gasteiger partial charge in [0.1, 0.15) is 11.6 Å². The van der Waals surface area contributed by atoms with Gasteiger partial charge in [-0.25, -0.2) is 13.6 Å². The Hall–Kier alpha value is -2.44. The average Bonchev–Trinajstić information content (AvgIpc) is 2.88. The number of amides is 2. The molecule has 0 radical (unpaired) electrons. The molecular formula is C15H18F2N4O. The van der Waals surface area contributed by atoms with Crippen molar-refractivity contribution >= 4 is 6.03 Å². The van der Waals surface area contributed by atoms with Gasteiger partial charge in [-0.1, -0.05) is 6.07 Å². The number of carbonyl (C=O) groups is 1. The van der Waals surface area contributed by atoms with Crippen LogP contribution in [0.25, 0.3) is 0 Å². The number of nitrogens with zero attached hydrogens (tertiary/aromatic N) is 2. The van der Waals surface area contributed by atoms with Crippen LogP contribution in [0.3, 0.4) is 0 Å². The van der Waals surface area contributed by atoms with Crippen LogP contribution in [0.5, 0.6) is 0 Å². The number of rotatable bonds is 5. The molecule has 2 N–H and O–H groups in total. The molecule has 22 heavy (non-hydrogen) atoms. The predicted molar refractivity (Wildman–Crippen MR) is 78.2 cm³/mol. The summed E-state index contributed by atoms with van der Waals surface area (Å²) in [5, 5.41) is 9.44. The third-order valence-corrected chi connectivity index (χ3v) is 3.27. The minimum Gasteiger partial charge on any atom is -0.338 e. The van der Waals surface area contributed by atoms with E-state index >= 15 is 0 Å². The quantitative estimate of drug-likeness (QED) is 0.890. The van der Waals surface area contributed by atoms with Crippen molar-refractivity contribution in [3.05, 3.63) is 53.4 Å². The first-order chi connectivity index (χ1) is 10.5. The molecule has 2 aromatic rings. The topological polar surface area (TPSA) is 59.0 Å². The molecule has 0 aliphatic heterocycles. The van der Waals surface area contributed by atoms with Gasteiger partial charge in [0.25, 0.3) is 0 Å². The molecule has 1 aromatic carbocycles. The van der Waals surface area contributed by atoms with Crippen LogP contribution in [0.1, 0.15) is 24.1 Å². The molecule has 0 saturated carbocycles. The van der Waals surface area contributed by atoms with Crippen LogP contribution in [-0.4, -0.2) is 22.4 Å². The van der Waals surface area contributed by atoms with Crippen LogP contribution in [0.15, 0.2) is 30.6 Å². The van der Waals surface area contributed by atoms with Crippen LogP contribution in [0.4, 0.5) is 13.6 Å². The van der Waals surface area contributed by atoms with Gasteiger partial charge in [0.2, 0.25) is 0 Å². The third kappa shape index (κ3) is 4.28. The van der Waals surface area contributed by atoms with E-state index in [0.717, 1.165) is 11.6 Å². The Kier molecular flexibility index (Phi) is 5.08. The molecule has 7 heteroatoms. The number of carbonyl (C=O) groups excluding carboxylic acids is 1. The highest BCUT2D eigenvalue weighted by Crippen LogP contribution is 2.11. The normalized spacial score (nSPS) is 12.0. The molecule has 0 aliphatic carbocycles.